The Morgan fingerprint density at radius 1 is 1.36 bits per heavy atom. The summed E-state index contributed by atoms with van der Waals surface area (Å²) in [6.45, 7) is 0. The molecule has 2 aliphatic carbocycles. The van der Waals surface area contributed by atoms with Crippen LogP contribution in [0.1, 0.15) is 35.4 Å². The lowest BCUT2D eigenvalue weighted by Crippen LogP contribution is -2.05. The van der Waals surface area contributed by atoms with Crippen molar-refractivity contribution in [3.8, 4) is 0 Å². The molecule has 0 saturated carbocycles. The Kier molecular flexibility index (Phi) is 1.66. The highest BCUT2D eigenvalue weighted by molar-refractivity contribution is 5.63. The molecule has 1 atom stereocenters. The summed E-state index contributed by atoms with van der Waals surface area (Å²) in [6, 6.07) is 6.63. The first-order valence-electron chi connectivity index (χ1n) is 5.25. The van der Waals surface area contributed by atoms with E-state index in [0.29, 0.717) is 0 Å². The molecular weight excluding hydrogens is 172 g/mol. The predicted octanol–water partition coefficient (Wildman–Crippen LogP) is 3.11. The van der Waals surface area contributed by atoms with E-state index in [1.54, 1.807) is 18.2 Å². The summed E-state index contributed by atoms with van der Waals surface area (Å²) in [5.41, 5.74) is 4.53. The third-order valence-corrected chi connectivity index (χ3v) is 3.43. The molecule has 1 aromatic carbocycles. The maximum absolute atomic E-state index is 5.36. The molecule has 72 valence electrons. The lowest BCUT2D eigenvalue weighted by molar-refractivity contribution is 0.272. The molecule has 0 N–H and O–H groups in total. The van der Waals surface area contributed by atoms with Crippen LogP contribution >= 0.6 is 0 Å². The van der Waals surface area contributed by atoms with Crippen molar-refractivity contribution < 1.29 is 4.74 Å². The van der Waals surface area contributed by atoms with Gasteiger partial charge < -0.3 is 4.74 Å². The maximum Gasteiger partial charge on any atom is 0.0967 e. The molecule has 1 unspecified atom stereocenters. The Morgan fingerprint density at radius 3 is 3.14 bits per heavy atom. The molecule has 0 amide bonds. The van der Waals surface area contributed by atoms with Crippen LogP contribution in [0.25, 0.3) is 6.08 Å². The Bertz CT molecular complexity index is 404. The van der Waals surface area contributed by atoms with Gasteiger partial charge in [-0.3, -0.25) is 0 Å². The van der Waals surface area contributed by atoms with Gasteiger partial charge in [0.15, 0.2) is 0 Å². The maximum atomic E-state index is 5.36. The lowest BCUT2D eigenvalue weighted by Gasteiger charge is -2.21. The standard InChI is InChI=1S/C13H14O/c1-14-12-7-10-4-2-3-9-5-6-11(8-12)13(9)10/h2-4,7,11H,5-6,8H2,1H3. The second-order valence-corrected chi connectivity index (χ2v) is 4.17. The topological polar surface area (TPSA) is 9.23 Å². The van der Waals surface area contributed by atoms with Gasteiger partial charge in [-0.25, -0.2) is 0 Å². The highest BCUT2D eigenvalue weighted by Gasteiger charge is 2.28. The fourth-order valence-electron chi connectivity index (χ4n) is 2.77. The third kappa shape index (κ3) is 1.02. The number of aryl methyl sites for hydroxylation is 1. The van der Waals surface area contributed by atoms with Crippen LogP contribution in [-0.4, -0.2) is 7.11 Å². The minimum absolute atomic E-state index is 0.723. The summed E-state index contributed by atoms with van der Waals surface area (Å²) in [6.07, 6.45) is 5.84. The molecule has 0 heterocycles. The Morgan fingerprint density at radius 2 is 2.29 bits per heavy atom. The zero-order valence-corrected chi connectivity index (χ0v) is 8.42. The molecule has 0 saturated heterocycles. The van der Waals surface area contributed by atoms with Gasteiger partial charge in [0.25, 0.3) is 0 Å². The monoisotopic (exact) mass is 186 g/mol. The van der Waals surface area contributed by atoms with Crippen molar-refractivity contribution in [2.75, 3.05) is 7.11 Å². The van der Waals surface area contributed by atoms with Crippen LogP contribution in [0.3, 0.4) is 0 Å². The van der Waals surface area contributed by atoms with Gasteiger partial charge in [-0.05, 0) is 41.5 Å². The van der Waals surface area contributed by atoms with Crippen molar-refractivity contribution in [2.45, 2.75) is 25.2 Å². The van der Waals surface area contributed by atoms with Crippen molar-refractivity contribution in [3.63, 3.8) is 0 Å². The van der Waals surface area contributed by atoms with Gasteiger partial charge in [-0.1, -0.05) is 18.2 Å². The molecule has 1 nitrogen and oxygen atoms in total. The zero-order valence-electron chi connectivity index (χ0n) is 8.42. The van der Waals surface area contributed by atoms with Crippen molar-refractivity contribution in [1.82, 2.24) is 0 Å². The van der Waals surface area contributed by atoms with Gasteiger partial charge in [-0.2, -0.15) is 0 Å². The number of hydrogen-bond donors (Lipinski definition) is 0. The molecule has 3 rings (SSSR count). The van der Waals surface area contributed by atoms with Gasteiger partial charge in [0, 0.05) is 6.42 Å². The highest BCUT2D eigenvalue weighted by atomic mass is 16.5. The molecular formula is C13H14O. The first-order chi connectivity index (χ1) is 6.88. The zero-order chi connectivity index (χ0) is 9.54. The molecule has 1 heteroatoms. The number of rotatable bonds is 1. The van der Waals surface area contributed by atoms with Crippen LogP contribution in [0.4, 0.5) is 0 Å². The van der Waals surface area contributed by atoms with E-state index in [1.165, 1.54) is 18.4 Å². The van der Waals surface area contributed by atoms with Crippen LogP contribution in [0.15, 0.2) is 24.0 Å². The Labute approximate surface area is 84.4 Å². The predicted molar refractivity (Wildman–Crippen MR) is 57.1 cm³/mol. The summed E-state index contributed by atoms with van der Waals surface area (Å²) >= 11 is 0. The summed E-state index contributed by atoms with van der Waals surface area (Å²) < 4.78 is 5.36. The van der Waals surface area contributed by atoms with Crippen LogP contribution in [-0.2, 0) is 11.2 Å². The quantitative estimate of drug-likeness (QED) is 0.654. The molecule has 0 bridgehead atoms. The van der Waals surface area contributed by atoms with E-state index in [9.17, 15) is 0 Å². The van der Waals surface area contributed by atoms with Crippen LogP contribution < -0.4 is 0 Å². The second kappa shape index (κ2) is 2.88. The SMILES string of the molecule is COC1=Cc2cccc3c2C(CC3)C1. The summed E-state index contributed by atoms with van der Waals surface area (Å²) in [4.78, 5) is 0. The fraction of sp³-hybridized carbons (Fsp3) is 0.385. The molecule has 14 heavy (non-hydrogen) atoms. The number of benzene rings is 1. The minimum Gasteiger partial charge on any atom is -0.501 e. The smallest absolute Gasteiger partial charge is 0.0967 e. The lowest BCUT2D eigenvalue weighted by atomic mass is 9.88. The molecule has 0 fully saturated rings. The van der Waals surface area contributed by atoms with Crippen LogP contribution in [0.5, 0.6) is 0 Å². The molecule has 0 spiro atoms. The number of ether oxygens (including phenoxy) is 1. The molecule has 0 radical (unpaired) electrons. The van der Waals surface area contributed by atoms with Gasteiger partial charge >= 0.3 is 0 Å². The van der Waals surface area contributed by atoms with Crippen molar-refractivity contribution in [1.29, 1.82) is 0 Å². The van der Waals surface area contributed by atoms with E-state index in [0.717, 1.165) is 18.1 Å². The van der Waals surface area contributed by atoms with E-state index in [4.69, 9.17) is 4.74 Å². The third-order valence-electron chi connectivity index (χ3n) is 3.43. The van der Waals surface area contributed by atoms with Gasteiger partial charge in [0.2, 0.25) is 0 Å². The summed E-state index contributed by atoms with van der Waals surface area (Å²) in [5, 5.41) is 0. The van der Waals surface area contributed by atoms with Crippen LogP contribution in [0.2, 0.25) is 0 Å². The second-order valence-electron chi connectivity index (χ2n) is 4.17. The Hall–Kier alpha value is -1.24. The average Bonchev–Trinajstić information content (AvgIpc) is 2.64. The van der Waals surface area contributed by atoms with E-state index >= 15 is 0 Å². The number of allylic oxidation sites excluding steroid dienone is 1. The van der Waals surface area contributed by atoms with E-state index in [2.05, 4.69) is 24.3 Å². The van der Waals surface area contributed by atoms with Gasteiger partial charge in [0.05, 0.1) is 12.9 Å². The van der Waals surface area contributed by atoms with E-state index < -0.39 is 0 Å². The van der Waals surface area contributed by atoms with Crippen LogP contribution in [0, 0.1) is 0 Å². The normalized spacial score (nSPS) is 22.9. The molecule has 0 aliphatic heterocycles. The van der Waals surface area contributed by atoms with E-state index in [1.807, 2.05) is 0 Å². The van der Waals surface area contributed by atoms with Gasteiger partial charge in [0.1, 0.15) is 0 Å². The molecule has 1 aromatic rings. The Balaban J connectivity index is 2.18. The summed E-state index contributed by atoms with van der Waals surface area (Å²) in [7, 11) is 1.77. The molecule has 2 aliphatic rings. The van der Waals surface area contributed by atoms with Crippen molar-refractivity contribution >= 4 is 6.08 Å². The number of methoxy groups -OCH3 is 1. The fourth-order valence-corrected chi connectivity index (χ4v) is 2.77. The molecule has 0 aromatic heterocycles. The average molecular weight is 186 g/mol. The number of hydrogen-bond acceptors (Lipinski definition) is 1. The van der Waals surface area contributed by atoms with Crippen molar-refractivity contribution in [2.24, 2.45) is 0 Å². The largest absolute Gasteiger partial charge is 0.501 e. The van der Waals surface area contributed by atoms with Crippen molar-refractivity contribution in [3.05, 3.63) is 40.6 Å². The van der Waals surface area contributed by atoms with E-state index in [-0.39, 0.29) is 0 Å². The minimum atomic E-state index is 0.723. The highest BCUT2D eigenvalue weighted by Crippen LogP contribution is 2.43. The summed E-state index contributed by atoms with van der Waals surface area (Å²) in [5.74, 6) is 1.86. The van der Waals surface area contributed by atoms with Gasteiger partial charge in [-0.15, -0.1) is 0 Å². The first kappa shape index (κ1) is 8.10. The first-order valence-corrected chi connectivity index (χ1v) is 5.25.